The predicted octanol–water partition coefficient (Wildman–Crippen LogP) is 1.84. The molecule has 2 N–H and O–H groups in total. The van der Waals surface area contributed by atoms with Gasteiger partial charge in [0, 0.05) is 19.5 Å². The third kappa shape index (κ3) is 3.23. The Kier molecular flexibility index (Phi) is 3.91. The molecule has 1 aliphatic rings. The minimum Gasteiger partial charge on any atom is -0.436 e. The van der Waals surface area contributed by atoms with Gasteiger partial charge in [-0.25, -0.2) is 4.98 Å². The molecular formula is C11H16F3N3O. The summed E-state index contributed by atoms with van der Waals surface area (Å²) in [5.41, 5.74) is -0.0569. The van der Waals surface area contributed by atoms with Crippen molar-refractivity contribution in [2.24, 2.45) is 0 Å². The highest BCUT2D eigenvalue weighted by Gasteiger charge is 2.39. The van der Waals surface area contributed by atoms with E-state index in [0.29, 0.717) is 0 Å². The van der Waals surface area contributed by atoms with Crippen molar-refractivity contribution < 1.29 is 17.6 Å². The van der Waals surface area contributed by atoms with E-state index in [9.17, 15) is 13.2 Å². The van der Waals surface area contributed by atoms with Gasteiger partial charge in [-0.3, -0.25) is 0 Å². The zero-order valence-electron chi connectivity index (χ0n) is 10.1. The first-order chi connectivity index (χ1) is 8.47. The van der Waals surface area contributed by atoms with Crippen LogP contribution in [0, 0.1) is 6.92 Å². The largest absolute Gasteiger partial charge is 0.451 e. The number of aryl methyl sites for hydroxylation is 1. The quantitative estimate of drug-likeness (QED) is 0.873. The summed E-state index contributed by atoms with van der Waals surface area (Å²) in [6, 6.07) is 0.240. The Morgan fingerprint density at radius 1 is 1.39 bits per heavy atom. The second kappa shape index (κ2) is 5.27. The summed E-state index contributed by atoms with van der Waals surface area (Å²) in [4.78, 5) is 3.80. The standard InChI is InChI=1S/C11H16F3N3O/c1-7-17-9(10(18-7)11(12,13)14)6-16-8-2-4-15-5-3-8/h8,15-16H,2-6H2,1H3. The van der Waals surface area contributed by atoms with Gasteiger partial charge >= 0.3 is 6.18 Å². The number of hydrogen-bond donors (Lipinski definition) is 2. The number of nitrogens with one attached hydrogen (secondary N) is 2. The van der Waals surface area contributed by atoms with E-state index in [1.165, 1.54) is 6.92 Å². The van der Waals surface area contributed by atoms with Gasteiger partial charge in [-0.15, -0.1) is 0 Å². The first-order valence-electron chi connectivity index (χ1n) is 5.94. The molecule has 0 bridgehead atoms. The fourth-order valence-electron chi connectivity index (χ4n) is 2.08. The minimum absolute atomic E-state index is 0.0458. The fourth-order valence-corrected chi connectivity index (χ4v) is 2.08. The number of halogens is 3. The Labute approximate surface area is 103 Å². The van der Waals surface area contributed by atoms with Crippen LogP contribution in [0.1, 0.15) is 30.2 Å². The average molecular weight is 263 g/mol. The van der Waals surface area contributed by atoms with Crippen molar-refractivity contribution in [1.82, 2.24) is 15.6 Å². The van der Waals surface area contributed by atoms with Gasteiger partial charge in [0.25, 0.3) is 0 Å². The van der Waals surface area contributed by atoms with Crippen LogP contribution in [0.2, 0.25) is 0 Å². The molecule has 7 heteroatoms. The lowest BCUT2D eigenvalue weighted by Gasteiger charge is -2.23. The molecule has 18 heavy (non-hydrogen) atoms. The summed E-state index contributed by atoms with van der Waals surface area (Å²) in [6.45, 7) is 3.30. The molecule has 0 radical (unpaired) electrons. The van der Waals surface area contributed by atoms with E-state index in [1.54, 1.807) is 0 Å². The maximum Gasteiger partial charge on any atom is 0.451 e. The van der Waals surface area contributed by atoms with Crippen LogP contribution in [0.4, 0.5) is 13.2 Å². The smallest absolute Gasteiger partial charge is 0.436 e. The Bertz CT molecular complexity index is 397. The van der Waals surface area contributed by atoms with Crippen molar-refractivity contribution in [2.75, 3.05) is 13.1 Å². The lowest BCUT2D eigenvalue weighted by Crippen LogP contribution is -2.39. The van der Waals surface area contributed by atoms with E-state index in [1.807, 2.05) is 0 Å². The molecule has 0 unspecified atom stereocenters. The second-order valence-electron chi connectivity index (χ2n) is 4.41. The van der Waals surface area contributed by atoms with Crippen molar-refractivity contribution in [1.29, 1.82) is 0 Å². The van der Waals surface area contributed by atoms with Crippen molar-refractivity contribution in [3.63, 3.8) is 0 Å². The normalized spacial score (nSPS) is 18.2. The van der Waals surface area contributed by atoms with Crippen LogP contribution in [0.25, 0.3) is 0 Å². The van der Waals surface area contributed by atoms with Gasteiger partial charge in [-0.05, 0) is 25.9 Å². The van der Waals surface area contributed by atoms with Crippen LogP contribution in [0.5, 0.6) is 0 Å². The van der Waals surface area contributed by atoms with Crippen molar-refractivity contribution >= 4 is 0 Å². The van der Waals surface area contributed by atoms with Gasteiger partial charge in [0.1, 0.15) is 5.69 Å². The Hall–Kier alpha value is -1.08. The van der Waals surface area contributed by atoms with Crippen LogP contribution < -0.4 is 10.6 Å². The Morgan fingerprint density at radius 3 is 2.67 bits per heavy atom. The zero-order valence-corrected chi connectivity index (χ0v) is 10.1. The molecule has 0 amide bonds. The van der Waals surface area contributed by atoms with E-state index in [-0.39, 0.29) is 24.2 Å². The lowest BCUT2D eigenvalue weighted by atomic mass is 10.1. The van der Waals surface area contributed by atoms with E-state index < -0.39 is 11.9 Å². The minimum atomic E-state index is -4.48. The number of rotatable bonds is 3. The fraction of sp³-hybridized carbons (Fsp3) is 0.727. The number of oxazole rings is 1. The maximum absolute atomic E-state index is 12.7. The van der Waals surface area contributed by atoms with E-state index in [2.05, 4.69) is 20.0 Å². The van der Waals surface area contributed by atoms with Crippen LogP contribution in [0.15, 0.2) is 4.42 Å². The summed E-state index contributed by atoms with van der Waals surface area (Å²) in [6.07, 6.45) is -2.65. The molecule has 102 valence electrons. The topological polar surface area (TPSA) is 50.1 Å². The number of piperidine rings is 1. The summed E-state index contributed by atoms with van der Waals surface area (Å²) in [7, 11) is 0. The number of aromatic nitrogens is 1. The van der Waals surface area contributed by atoms with Crippen LogP contribution in [0.3, 0.4) is 0 Å². The molecule has 4 nitrogen and oxygen atoms in total. The van der Waals surface area contributed by atoms with Crippen LogP contribution in [-0.4, -0.2) is 24.1 Å². The first-order valence-corrected chi connectivity index (χ1v) is 5.94. The molecule has 0 saturated carbocycles. The van der Waals surface area contributed by atoms with Gasteiger partial charge in [-0.2, -0.15) is 13.2 Å². The van der Waals surface area contributed by atoms with Gasteiger partial charge in [0.05, 0.1) is 0 Å². The third-order valence-electron chi connectivity index (χ3n) is 2.96. The van der Waals surface area contributed by atoms with Gasteiger partial charge in [0.15, 0.2) is 5.89 Å². The van der Waals surface area contributed by atoms with Crippen LogP contribution in [-0.2, 0) is 12.7 Å². The maximum atomic E-state index is 12.7. The Morgan fingerprint density at radius 2 is 2.06 bits per heavy atom. The summed E-state index contributed by atoms with van der Waals surface area (Å²) in [5.74, 6) is -0.939. The molecule has 0 atom stereocenters. The lowest BCUT2D eigenvalue weighted by molar-refractivity contribution is -0.154. The van der Waals surface area contributed by atoms with Gasteiger partial charge in [-0.1, -0.05) is 0 Å². The predicted molar refractivity (Wildman–Crippen MR) is 59.0 cm³/mol. The van der Waals surface area contributed by atoms with Gasteiger partial charge < -0.3 is 15.1 Å². The average Bonchev–Trinajstić information content (AvgIpc) is 2.69. The van der Waals surface area contributed by atoms with E-state index >= 15 is 0 Å². The molecule has 0 spiro atoms. The molecule has 1 aromatic rings. The molecule has 0 aliphatic carbocycles. The zero-order chi connectivity index (χ0) is 13.2. The summed E-state index contributed by atoms with van der Waals surface area (Å²) < 4.78 is 42.6. The molecule has 0 aromatic carbocycles. The number of hydrogen-bond acceptors (Lipinski definition) is 4. The third-order valence-corrected chi connectivity index (χ3v) is 2.96. The molecular weight excluding hydrogens is 247 g/mol. The molecule has 1 fully saturated rings. The van der Waals surface area contributed by atoms with Crippen molar-refractivity contribution in [2.45, 2.75) is 38.5 Å². The van der Waals surface area contributed by atoms with Crippen molar-refractivity contribution in [3.8, 4) is 0 Å². The summed E-state index contributed by atoms with van der Waals surface area (Å²) >= 11 is 0. The monoisotopic (exact) mass is 263 g/mol. The first kappa shape index (κ1) is 13.4. The molecule has 1 aliphatic heterocycles. The molecule has 1 aromatic heterocycles. The molecule has 2 rings (SSSR count). The van der Waals surface area contributed by atoms with Gasteiger partial charge in [0.2, 0.25) is 5.76 Å². The van der Waals surface area contributed by atoms with Crippen LogP contribution >= 0.6 is 0 Å². The van der Waals surface area contributed by atoms with Crippen molar-refractivity contribution in [3.05, 3.63) is 17.3 Å². The highest BCUT2D eigenvalue weighted by molar-refractivity contribution is 5.13. The van der Waals surface area contributed by atoms with E-state index in [0.717, 1.165) is 25.9 Å². The highest BCUT2D eigenvalue weighted by Crippen LogP contribution is 2.32. The number of alkyl halides is 3. The van der Waals surface area contributed by atoms with E-state index in [4.69, 9.17) is 0 Å². The molecule has 2 heterocycles. The number of nitrogens with zero attached hydrogens (tertiary/aromatic N) is 1. The SMILES string of the molecule is Cc1nc(CNC2CCNCC2)c(C(F)(F)F)o1. The second-order valence-corrected chi connectivity index (χ2v) is 4.41. The highest BCUT2D eigenvalue weighted by atomic mass is 19.4. The summed E-state index contributed by atoms with van der Waals surface area (Å²) in [5, 5.41) is 6.30. The Balaban J connectivity index is 2.00. The molecule has 1 saturated heterocycles.